The Bertz CT molecular complexity index is 1180. The van der Waals surface area contributed by atoms with E-state index in [4.69, 9.17) is 16.0 Å². The van der Waals surface area contributed by atoms with Crippen LogP contribution in [0.3, 0.4) is 0 Å². The summed E-state index contributed by atoms with van der Waals surface area (Å²) in [5.41, 5.74) is 4.59. The number of carbonyl (C=O) groups excluding carboxylic acids is 2. The summed E-state index contributed by atoms with van der Waals surface area (Å²) < 4.78 is 5.41. The van der Waals surface area contributed by atoms with Crippen molar-refractivity contribution in [1.82, 2.24) is 0 Å². The van der Waals surface area contributed by atoms with E-state index in [1.165, 1.54) is 16.7 Å². The molecular formula is C24H20ClNO3S. The molecule has 3 aromatic rings. The average Bonchev–Trinajstić information content (AvgIpc) is 3.29. The van der Waals surface area contributed by atoms with Crippen molar-refractivity contribution in [2.24, 2.45) is 0 Å². The molecule has 0 saturated carbocycles. The second-order valence-corrected chi connectivity index (χ2v) is 8.66. The SMILES string of the molecule is Cc1ccc(C2=C(SCc3ccco3)C(=O)N(c3ccc(C)c(Cl)c3)C2=O)c(C)c1. The van der Waals surface area contributed by atoms with Crippen molar-refractivity contribution in [2.75, 3.05) is 4.90 Å². The van der Waals surface area contributed by atoms with E-state index in [-0.39, 0.29) is 11.8 Å². The maximum absolute atomic E-state index is 13.5. The fourth-order valence-corrected chi connectivity index (χ4v) is 4.65. The van der Waals surface area contributed by atoms with Crippen LogP contribution in [-0.4, -0.2) is 11.8 Å². The van der Waals surface area contributed by atoms with Gasteiger partial charge in [0.2, 0.25) is 0 Å². The third-order valence-electron chi connectivity index (χ3n) is 5.05. The molecule has 0 N–H and O–H groups in total. The molecule has 0 atom stereocenters. The standard InChI is InChI=1S/C24H20ClNO3S/c1-14-6-9-19(16(3)11-14)21-22(30-13-18-5-4-10-29-18)24(28)26(23(21)27)17-8-7-15(2)20(25)12-17/h4-12H,13H2,1-3H3. The van der Waals surface area contributed by atoms with Crippen molar-refractivity contribution < 1.29 is 14.0 Å². The Labute approximate surface area is 184 Å². The Hall–Kier alpha value is -2.76. The van der Waals surface area contributed by atoms with Gasteiger partial charge in [-0.1, -0.05) is 41.4 Å². The first kappa shape index (κ1) is 20.5. The summed E-state index contributed by atoms with van der Waals surface area (Å²) in [6, 6.07) is 14.7. The number of imide groups is 1. The molecule has 0 aliphatic carbocycles. The summed E-state index contributed by atoms with van der Waals surface area (Å²) >= 11 is 7.58. The number of nitrogens with zero attached hydrogens (tertiary/aromatic N) is 1. The summed E-state index contributed by atoms with van der Waals surface area (Å²) in [7, 11) is 0. The molecule has 1 aliphatic heterocycles. The highest BCUT2D eigenvalue weighted by atomic mass is 35.5. The zero-order valence-corrected chi connectivity index (χ0v) is 18.4. The van der Waals surface area contributed by atoms with Gasteiger partial charge in [0.25, 0.3) is 11.8 Å². The molecule has 2 aromatic carbocycles. The number of halogens is 1. The molecule has 2 amide bonds. The Kier molecular flexibility index (Phi) is 5.58. The minimum atomic E-state index is -0.341. The van der Waals surface area contributed by atoms with Gasteiger partial charge < -0.3 is 4.42 Å². The first-order chi connectivity index (χ1) is 14.4. The van der Waals surface area contributed by atoms with Gasteiger partial charge in [-0.3, -0.25) is 9.59 Å². The van der Waals surface area contributed by atoms with Gasteiger partial charge in [0.1, 0.15) is 5.76 Å². The highest BCUT2D eigenvalue weighted by Gasteiger charge is 2.40. The van der Waals surface area contributed by atoms with Crippen LogP contribution in [0.15, 0.2) is 64.1 Å². The first-order valence-electron chi connectivity index (χ1n) is 9.49. The molecule has 6 heteroatoms. The Balaban J connectivity index is 1.80. The summed E-state index contributed by atoms with van der Waals surface area (Å²) in [6.07, 6.45) is 1.59. The molecule has 2 heterocycles. The average molecular weight is 438 g/mol. The fourth-order valence-electron chi connectivity index (χ4n) is 3.47. The molecule has 4 nitrogen and oxygen atoms in total. The highest BCUT2D eigenvalue weighted by molar-refractivity contribution is 8.03. The van der Waals surface area contributed by atoms with Crippen molar-refractivity contribution in [1.29, 1.82) is 0 Å². The lowest BCUT2D eigenvalue weighted by atomic mass is 9.99. The fraction of sp³-hybridized carbons (Fsp3) is 0.167. The quantitative estimate of drug-likeness (QED) is 0.454. The van der Waals surface area contributed by atoms with Crippen LogP contribution in [0, 0.1) is 20.8 Å². The first-order valence-corrected chi connectivity index (χ1v) is 10.8. The van der Waals surface area contributed by atoms with Gasteiger partial charge in [0.15, 0.2) is 0 Å². The highest BCUT2D eigenvalue weighted by Crippen LogP contribution is 2.41. The number of hydrogen-bond acceptors (Lipinski definition) is 4. The molecule has 0 radical (unpaired) electrons. The van der Waals surface area contributed by atoms with Crippen molar-refractivity contribution in [2.45, 2.75) is 26.5 Å². The second kappa shape index (κ2) is 8.17. The lowest BCUT2D eigenvalue weighted by molar-refractivity contribution is -0.119. The molecule has 0 unspecified atom stereocenters. The molecular weight excluding hydrogens is 418 g/mol. The number of anilines is 1. The number of thioether (sulfide) groups is 1. The number of carbonyl (C=O) groups is 2. The predicted octanol–water partition coefficient (Wildman–Crippen LogP) is 6.08. The van der Waals surface area contributed by atoms with E-state index in [1.54, 1.807) is 24.5 Å². The van der Waals surface area contributed by atoms with E-state index in [2.05, 4.69) is 0 Å². The van der Waals surface area contributed by atoms with Crippen molar-refractivity contribution in [3.63, 3.8) is 0 Å². The van der Waals surface area contributed by atoms with Gasteiger partial charge in [-0.2, -0.15) is 0 Å². The largest absolute Gasteiger partial charge is 0.468 e. The smallest absolute Gasteiger partial charge is 0.272 e. The van der Waals surface area contributed by atoms with E-state index in [0.717, 1.165) is 28.0 Å². The molecule has 1 aromatic heterocycles. The van der Waals surface area contributed by atoms with Crippen molar-refractivity contribution >= 4 is 46.4 Å². The van der Waals surface area contributed by atoms with Crippen molar-refractivity contribution in [3.8, 4) is 0 Å². The van der Waals surface area contributed by atoms with Crippen LogP contribution in [0.4, 0.5) is 5.69 Å². The normalized spacial score (nSPS) is 14.2. The van der Waals surface area contributed by atoms with Crippen LogP contribution in [0.5, 0.6) is 0 Å². The molecule has 0 spiro atoms. The maximum Gasteiger partial charge on any atom is 0.272 e. The van der Waals surface area contributed by atoms with Crippen LogP contribution < -0.4 is 4.90 Å². The third kappa shape index (κ3) is 3.71. The zero-order valence-electron chi connectivity index (χ0n) is 16.9. The lowest BCUT2D eigenvalue weighted by Crippen LogP contribution is -2.31. The minimum Gasteiger partial charge on any atom is -0.468 e. The molecule has 152 valence electrons. The van der Waals surface area contributed by atoms with Gasteiger partial charge in [0.05, 0.1) is 28.2 Å². The summed E-state index contributed by atoms with van der Waals surface area (Å²) in [5.74, 6) is 0.517. The molecule has 0 fully saturated rings. The van der Waals surface area contributed by atoms with Gasteiger partial charge in [-0.25, -0.2) is 4.90 Å². The summed E-state index contributed by atoms with van der Waals surface area (Å²) in [5, 5.41) is 0.512. The van der Waals surface area contributed by atoms with E-state index < -0.39 is 0 Å². The molecule has 1 aliphatic rings. The van der Waals surface area contributed by atoms with Gasteiger partial charge in [-0.15, -0.1) is 11.8 Å². The van der Waals surface area contributed by atoms with E-state index in [1.807, 2.05) is 51.1 Å². The van der Waals surface area contributed by atoms with Gasteiger partial charge >= 0.3 is 0 Å². The predicted molar refractivity (Wildman–Crippen MR) is 122 cm³/mol. The maximum atomic E-state index is 13.5. The zero-order chi connectivity index (χ0) is 21.4. The Morgan fingerprint density at radius 1 is 0.967 bits per heavy atom. The second-order valence-electron chi connectivity index (χ2n) is 7.27. The Morgan fingerprint density at radius 2 is 1.77 bits per heavy atom. The number of rotatable bonds is 5. The van der Waals surface area contributed by atoms with E-state index in [0.29, 0.717) is 26.9 Å². The monoisotopic (exact) mass is 437 g/mol. The molecule has 0 saturated heterocycles. The van der Waals surface area contributed by atoms with Crippen LogP contribution in [0.25, 0.3) is 5.57 Å². The lowest BCUT2D eigenvalue weighted by Gasteiger charge is -2.16. The van der Waals surface area contributed by atoms with Crippen LogP contribution in [-0.2, 0) is 15.3 Å². The summed E-state index contributed by atoms with van der Waals surface area (Å²) in [6.45, 7) is 5.83. The number of hydrogen-bond donors (Lipinski definition) is 0. The Morgan fingerprint density at radius 3 is 2.43 bits per heavy atom. The number of amides is 2. The summed E-state index contributed by atoms with van der Waals surface area (Å²) in [4.78, 5) is 28.5. The van der Waals surface area contributed by atoms with Crippen molar-refractivity contribution in [3.05, 3.63) is 92.7 Å². The molecule has 0 bridgehead atoms. The van der Waals surface area contributed by atoms with Crippen LogP contribution >= 0.6 is 23.4 Å². The van der Waals surface area contributed by atoms with Crippen LogP contribution in [0.1, 0.15) is 28.0 Å². The number of aryl methyl sites for hydroxylation is 3. The van der Waals surface area contributed by atoms with E-state index in [9.17, 15) is 9.59 Å². The molecule has 4 rings (SSSR count). The molecule has 30 heavy (non-hydrogen) atoms. The number of furan rings is 1. The minimum absolute atomic E-state index is 0.339. The van der Waals surface area contributed by atoms with Gasteiger partial charge in [0, 0.05) is 5.02 Å². The third-order valence-corrected chi connectivity index (χ3v) is 6.55. The number of benzene rings is 2. The van der Waals surface area contributed by atoms with Crippen LogP contribution in [0.2, 0.25) is 5.02 Å². The topological polar surface area (TPSA) is 50.5 Å². The van der Waals surface area contributed by atoms with E-state index >= 15 is 0 Å². The van der Waals surface area contributed by atoms with Gasteiger partial charge in [-0.05, 0) is 61.7 Å².